The largest absolute Gasteiger partial charge is 0.325 e. The average molecular weight is 296 g/mol. The predicted molar refractivity (Wildman–Crippen MR) is 83.3 cm³/mol. The van der Waals surface area contributed by atoms with Gasteiger partial charge >= 0.3 is 0 Å². The van der Waals surface area contributed by atoms with Crippen molar-refractivity contribution in [2.75, 3.05) is 32.0 Å². The molecule has 1 heterocycles. The summed E-state index contributed by atoms with van der Waals surface area (Å²) in [4.78, 5) is 14.3. The lowest BCUT2D eigenvalue weighted by atomic mass is 10.1. The Morgan fingerprint density at radius 1 is 1.45 bits per heavy atom. The predicted octanol–water partition coefficient (Wildman–Crippen LogP) is 2.27. The van der Waals surface area contributed by atoms with Crippen LogP contribution >= 0.6 is 11.6 Å². The summed E-state index contributed by atoms with van der Waals surface area (Å²) in [6.07, 6.45) is 2.19. The van der Waals surface area contributed by atoms with Gasteiger partial charge in [0.15, 0.2) is 0 Å². The Morgan fingerprint density at radius 3 is 2.85 bits per heavy atom. The van der Waals surface area contributed by atoms with Gasteiger partial charge in [0.05, 0.1) is 6.54 Å². The fourth-order valence-electron chi connectivity index (χ4n) is 2.54. The second kappa shape index (κ2) is 7.07. The number of amides is 1. The van der Waals surface area contributed by atoms with E-state index in [2.05, 4.69) is 15.5 Å². The number of carbonyl (C=O) groups is 1. The summed E-state index contributed by atoms with van der Waals surface area (Å²) >= 11 is 6.06. The van der Waals surface area contributed by atoms with Crippen molar-refractivity contribution in [3.63, 3.8) is 0 Å². The van der Waals surface area contributed by atoms with E-state index in [9.17, 15) is 4.79 Å². The highest BCUT2D eigenvalue weighted by atomic mass is 35.5. The fourth-order valence-corrected chi connectivity index (χ4v) is 2.71. The lowest BCUT2D eigenvalue weighted by Crippen LogP contribution is -2.44. The average Bonchev–Trinajstić information content (AvgIpc) is 2.45. The fraction of sp³-hybridized carbons (Fsp3) is 0.533. The standard InChI is InChI=1S/C15H22ClN3O/c1-11-13(16)4-3-5-14(11)18-15(20)10-19(2)12-6-8-17-9-7-12/h3-5,12,17H,6-10H2,1-2H3,(H,18,20). The molecule has 1 aliphatic rings. The zero-order chi connectivity index (χ0) is 14.5. The van der Waals surface area contributed by atoms with Crippen molar-refractivity contribution in [1.82, 2.24) is 10.2 Å². The molecule has 1 saturated heterocycles. The van der Waals surface area contributed by atoms with Crippen molar-refractivity contribution in [1.29, 1.82) is 0 Å². The minimum absolute atomic E-state index is 0.0106. The van der Waals surface area contributed by atoms with Gasteiger partial charge in [-0.2, -0.15) is 0 Å². The third-order valence-corrected chi connectivity index (χ3v) is 4.28. The van der Waals surface area contributed by atoms with Crippen LogP contribution in [-0.4, -0.2) is 43.5 Å². The van der Waals surface area contributed by atoms with E-state index in [0.29, 0.717) is 17.6 Å². The molecule has 4 nitrogen and oxygen atoms in total. The van der Waals surface area contributed by atoms with E-state index in [1.165, 1.54) is 0 Å². The van der Waals surface area contributed by atoms with Crippen molar-refractivity contribution in [2.45, 2.75) is 25.8 Å². The van der Waals surface area contributed by atoms with Crippen molar-refractivity contribution in [3.8, 4) is 0 Å². The maximum atomic E-state index is 12.1. The van der Waals surface area contributed by atoms with Gasteiger partial charge in [-0.15, -0.1) is 0 Å². The molecule has 0 unspecified atom stereocenters. The van der Waals surface area contributed by atoms with Gasteiger partial charge in [0.2, 0.25) is 5.91 Å². The lowest BCUT2D eigenvalue weighted by Gasteiger charge is -2.31. The molecular formula is C15H22ClN3O. The number of halogens is 1. The van der Waals surface area contributed by atoms with Gasteiger partial charge < -0.3 is 10.6 Å². The van der Waals surface area contributed by atoms with E-state index >= 15 is 0 Å². The van der Waals surface area contributed by atoms with Crippen LogP contribution in [0, 0.1) is 6.92 Å². The Bertz CT molecular complexity index is 472. The Balaban J connectivity index is 1.90. The molecule has 0 radical (unpaired) electrons. The first-order valence-corrected chi connectivity index (χ1v) is 7.41. The minimum Gasteiger partial charge on any atom is -0.325 e. The molecule has 5 heteroatoms. The van der Waals surface area contributed by atoms with Crippen LogP contribution in [0.15, 0.2) is 18.2 Å². The summed E-state index contributed by atoms with van der Waals surface area (Å²) in [5, 5.41) is 6.95. The lowest BCUT2D eigenvalue weighted by molar-refractivity contribution is -0.117. The number of benzene rings is 1. The van der Waals surface area contributed by atoms with Gasteiger partial charge in [-0.3, -0.25) is 9.69 Å². The molecule has 0 aliphatic carbocycles. The summed E-state index contributed by atoms with van der Waals surface area (Å²) in [5.74, 6) is 0.0106. The quantitative estimate of drug-likeness (QED) is 0.896. The molecule has 2 N–H and O–H groups in total. The Morgan fingerprint density at radius 2 is 2.15 bits per heavy atom. The third kappa shape index (κ3) is 3.95. The number of carbonyl (C=O) groups excluding carboxylic acids is 1. The maximum Gasteiger partial charge on any atom is 0.238 e. The van der Waals surface area contributed by atoms with Crippen LogP contribution in [0.3, 0.4) is 0 Å². The van der Waals surface area contributed by atoms with Gasteiger partial charge in [0.25, 0.3) is 0 Å². The number of likely N-dealkylation sites (N-methyl/N-ethyl adjacent to an activating group) is 1. The molecule has 1 aromatic carbocycles. The van der Waals surface area contributed by atoms with Crippen molar-refractivity contribution >= 4 is 23.2 Å². The van der Waals surface area contributed by atoms with Crippen molar-refractivity contribution < 1.29 is 4.79 Å². The molecule has 0 saturated carbocycles. The molecule has 2 rings (SSSR count). The first kappa shape index (κ1) is 15.3. The molecule has 1 aromatic rings. The number of hydrogen-bond donors (Lipinski definition) is 2. The van der Waals surface area contributed by atoms with Gasteiger partial charge in [-0.1, -0.05) is 17.7 Å². The SMILES string of the molecule is Cc1c(Cl)cccc1NC(=O)CN(C)C1CCNCC1. The van der Waals surface area contributed by atoms with E-state index in [-0.39, 0.29) is 5.91 Å². The third-order valence-electron chi connectivity index (χ3n) is 3.87. The molecule has 0 aromatic heterocycles. The summed E-state index contributed by atoms with van der Waals surface area (Å²) in [5.41, 5.74) is 1.70. The van der Waals surface area contributed by atoms with E-state index in [1.807, 2.05) is 32.2 Å². The second-order valence-electron chi connectivity index (χ2n) is 5.36. The van der Waals surface area contributed by atoms with Crippen LogP contribution < -0.4 is 10.6 Å². The van der Waals surface area contributed by atoms with E-state index < -0.39 is 0 Å². The number of nitrogens with one attached hydrogen (secondary N) is 2. The smallest absolute Gasteiger partial charge is 0.238 e. The zero-order valence-corrected chi connectivity index (χ0v) is 12.8. The van der Waals surface area contributed by atoms with Gasteiger partial charge in [0, 0.05) is 16.8 Å². The maximum absolute atomic E-state index is 12.1. The number of hydrogen-bond acceptors (Lipinski definition) is 3. The van der Waals surface area contributed by atoms with Crippen LogP contribution in [-0.2, 0) is 4.79 Å². The second-order valence-corrected chi connectivity index (χ2v) is 5.76. The first-order chi connectivity index (χ1) is 9.58. The highest BCUT2D eigenvalue weighted by Crippen LogP contribution is 2.22. The van der Waals surface area contributed by atoms with Gasteiger partial charge in [-0.05, 0) is 57.6 Å². The first-order valence-electron chi connectivity index (χ1n) is 7.04. The number of nitrogens with zero attached hydrogens (tertiary/aromatic N) is 1. The molecule has 20 heavy (non-hydrogen) atoms. The molecular weight excluding hydrogens is 274 g/mol. The summed E-state index contributed by atoms with van der Waals surface area (Å²) in [7, 11) is 2.01. The van der Waals surface area contributed by atoms with Crippen molar-refractivity contribution in [3.05, 3.63) is 28.8 Å². The molecule has 110 valence electrons. The summed E-state index contributed by atoms with van der Waals surface area (Å²) < 4.78 is 0. The summed E-state index contributed by atoms with van der Waals surface area (Å²) in [6.45, 7) is 4.39. The number of piperidine rings is 1. The van der Waals surface area contributed by atoms with Crippen LogP contribution in [0.25, 0.3) is 0 Å². The highest BCUT2D eigenvalue weighted by Gasteiger charge is 2.19. The minimum atomic E-state index is 0.0106. The summed E-state index contributed by atoms with van der Waals surface area (Å²) in [6, 6.07) is 6.04. The molecule has 0 atom stereocenters. The number of rotatable bonds is 4. The topological polar surface area (TPSA) is 44.4 Å². The highest BCUT2D eigenvalue weighted by molar-refractivity contribution is 6.31. The van der Waals surface area contributed by atoms with Crippen LogP contribution in [0.4, 0.5) is 5.69 Å². The van der Waals surface area contributed by atoms with Crippen LogP contribution in [0.1, 0.15) is 18.4 Å². The zero-order valence-electron chi connectivity index (χ0n) is 12.1. The molecule has 0 spiro atoms. The molecule has 1 fully saturated rings. The number of anilines is 1. The van der Waals surface area contributed by atoms with Crippen LogP contribution in [0.5, 0.6) is 0 Å². The van der Waals surface area contributed by atoms with Crippen molar-refractivity contribution in [2.24, 2.45) is 0 Å². The van der Waals surface area contributed by atoms with E-state index in [1.54, 1.807) is 0 Å². The van der Waals surface area contributed by atoms with Gasteiger partial charge in [-0.25, -0.2) is 0 Å². The normalized spacial score (nSPS) is 16.4. The van der Waals surface area contributed by atoms with Crippen LogP contribution in [0.2, 0.25) is 5.02 Å². The van der Waals surface area contributed by atoms with E-state index in [0.717, 1.165) is 37.2 Å². The molecule has 1 aliphatic heterocycles. The Hall–Kier alpha value is -1.10. The van der Waals surface area contributed by atoms with E-state index in [4.69, 9.17) is 11.6 Å². The van der Waals surface area contributed by atoms with Gasteiger partial charge in [0.1, 0.15) is 0 Å². The monoisotopic (exact) mass is 295 g/mol. The Kier molecular flexibility index (Phi) is 5.40. The molecule has 1 amide bonds. The Labute approximate surface area is 125 Å². The molecule has 0 bridgehead atoms.